The van der Waals surface area contributed by atoms with Gasteiger partial charge in [0.1, 0.15) is 11.6 Å². The van der Waals surface area contributed by atoms with E-state index in [0.717, 1.165) is 32.1 Å². The van der Waals surface area contributed by atoms with E-state index in [2.05, 4.69) is 0 Å². The van der Waals surface area contributed by atoms with Crippen LogP contribution in [0.5, 0.6) is 11.5 Å². The van der Waals surface area contributed by atoms with Crippen LogP contribution in [0.15, 0.2) is 18.2 Å². The standard InChI is InChI=1S/C29H43NO8/c1-18(2)13-25(31)37-23-12-11-21(15-24(23)38-26(32)14-19(3)4)17-29(30,28(34)35)16-20(5)36-27(33)22-9-7-6-8-10-22/h11-12,15,18-20,22H,6-10,13-14,16-17,30H2,1-5H3,(H,34,35)/t20-,29?/m0/s1. The Morgan fingerprint density at radius 1 is 0.921 bits per heavy atom. The van der Waals surface area contributed by atoms with Crippen molar-refractivity contribution in [3.63, 3.8) is 0 Å². The van der Waals surface area contributed by atoms with Gasteiger partial charge in [-0.25, -0.2) is 0 Å². The van der Waals surface area contributed by atoms with Crippen molar-refractivity contribution in [1.82, 2.24) is 0 Å². The minimum Gasteiger partial charge on any atom is -0.480 e. The zero-order chi connectivity index (χ0) is 28.5. The number of aliphatic carboxylic acids is 1. The molecule has 1 aromatic rings. The van der Waals surface area contributed by atoms with Crippen molar-refractivity contribution in [2.45, 2.75) is 104 Å². The summed E-state index contributed by atoms with van der Waals surface area (Å²) in [4.78, 5) is 49.4. The second-order valence-corrected chi connectivity index (χ2v) is 11.3. The first kappa shape index (κ1) is 31.3. The van der Waals surface area contributed by atoms with Gasteiger partial charge in [0.2, 0.25) is 0 Å². The van der Waals surface area contributed by atoms with Gasteiger partial charge in [-0.05, 0) is 49.3 Å². The molecule has 1 saturated carbocycles. The third-order valence-electron chi connectivity index (χ3n) is 6.46. The normalized spacial score (nSPS) is 16.5. The maximum atomic E-state index is 12.5. The zero-order valence-corrected chi connectivity index (χ0v) is 23.3. The molecule has 0 saturated heterocycles. The van der Waals surface area contributed by atoms with Gasteiger partial charge < -0.3 is 25.1 Å². The Kier molecular flexibility index (Phi) is 11.8. The number of carbonyl (C=O) groups excluding carboxylic acids is 3. The van der Waals surface area contributed by atoms with E-state index in [4.69, 9.17) is 19.9 Å². The summed E-state index contributed by atoms with van der Waals surface area (Å²) in [5.41, 5.74) is 5.06. The highest BCUT2D eigenvalue weighted by Gasteiger charge is 2.38. The lowest BCUT2D eigenvalue weighted by molar-refractivity contribution is -0.158. The summed E-state index contributed by atoms with van der Waals surface area (Å²) in [7, 11) is 0. The molecule has 0 radical (unpaired) electrons. The number of nitrogens with two attached hydrogens (primary N) is 1. The molecule has 0 aromatic heterocycles. The molecule has 1 aromatic carbocycles. The molecule has 212 valence electrons. The summed E-state index contributed by atoms with van der Waals surface area (Å²) < 4.78 is 16.5. The van der Waals surface area contributed by atoms with Crippen LogP contribution in [0.4, 0.5) is 0 Å². The maximum Gasteiger partial charge on any atom is 0.324 e. The minimum absolute atomic E-state index is 0.0229. The molecular weight excluding hydrogens is 490 g/mol. The summed E-state index contributed by atoms with van der Waals surface area (Å²) >= 11 is 0. The Balaban J connectivity index is 2.21. The zero-order valence-electron chi connectivity index (χ0n) is 23.3. The van der Waals surface area contributed by atoms with E-state index in [0.29, 0.717) is 5.56 Å². The van der Waals surface area contributed by atoms with Crippen LogP contribution >= 0.6 is 0 Å². The number of esters is 3. The number of carboxylic acids is 1. The Morgan fingerprint density at radius 2 is 1.47 bits per heavy atom. The molecule has 0 heterocycles. The van der Waals surface area contributed by atoms with E-state index in [9.17, 15) is 24.3 Å². The van der Waals surface area contributed by atoms with Gasteiger partial charge in [-0.15, -0.1) is 0 Å². The number of benzene rings is 1. The fraction of sp³-hybridized carbons (Fsp3) is 0.655. The second-order valence-electron chi connectivity index (χ2n) is 11.3. The van der Waals surface area contributed by atoms with E-state index in [-0.39, 0.29) is 60.9 Å². The Bertz CT molecular complexity index is 983. The van der Waals surface area contributed by atoms with Crippen LogP contribution in [0.1, 0.15) is 91.5 Å². The monoisotopic (exact) mass is 533 g/mol. The van der Waals surface area contributed by atoms with Gasteiger partial charge in [0.15, 0.2) is 11.5 Å². The summed E-state index contributed by atoms with van der Waals surface area (Å²) in [5, 5.41) is 9.98. The van der Waals surface area contributed by atoms with Crippen molar-refractivity contribution < 1.29 is 38.5 Å². The molecule has 0 bridgehead atoms. The van der Waals surface area contributed by atoms with E-state index in [1.165, 1.54) is 12.1 Å². The van der Waals surface area contributed by atoms with Crippen LogP contribution < -0.4 is 15.2 Å². The van der Waals surface area contributed by atoms with Crippen LogP contribution in [-0.4, -0.2) is 40.6 Å². The molecule has 0 amide bonds. The van der Waals surface area contributed by atoms with Crippen molar-refractivity contribution in [1.29, 1.82) is 0 Å². The topological polar surface area (TPSA) is 142 Å². The summed E-state index contributed by atoms with van der Waals surface area (Å²) in [5.74, 6) is -2.45. The van der Waals surface area contributed by atoms with Crippen molar-refractivity contribution >= 4 is 23.9 Å². The fourth-order valence-corrected chi connectivity index (χ4v) is 4.61. The molecule has 9 heteroatoms. The molecule has 3 N–H and O–H groups in total. The molecule has 2 atom stereocenters. The van der Waals surface area contributed by atoms with E-state index in [1.54, 1.807) is 13.0 Å². The minimum atomic E-state index is -1.75. The van der Waals surface area contributed by atoms with E-state index >= 15 is 0 Å². The number of rotatable bonds is 13. The highest BCUT2D eigenvalue weighted by Crippen LogP contribution is 2.32. The van der Waals surface area contributed by atoms with Crippen LogP contribution in [0.2, 0.25) is 0 Å². The molecule has 0 spiro atoms. The third-order valence-corrected chi connectivity index (χ3v) is 6.46. The lowest BCUT2D eigenvalue weighted by Crippen LogP contribution is -2.52. The Morgan fingerprint density at radius 3 is 2.00 bits per heavy atom. The SMILES string of the molecule is CC(C)CC(=O)Oc1ccc(CC(N)(C[C@H](C)OC(=O)C2CCCCC2)C(=O)O)cc1OC(=O)CC(C)C. The smallest absolute Gasteiger partial charge is 0.324 e. The highest BCUT2D eigenvalue weighted by molar-refractivity contribution is 5.80. The van der Waals surface area contributed by atoms with Crippen molar-refractivity contribution in [2.24, 2.45) is 23.5 Å². The average molecular weight is 534 g/mol. The Labute approximate surface area is 225 Å². The van der Waals surface area contributed by atoms with Crippen LogP contribution in [0, 0.1) is 17.8 Å². The third kappa shape index (κ3) is 10.1. The van der Waals surface area contributed by atoms with Gasteiger partial charge in [-0.2, -0.15) is 0 Å². The predicted molar refractivity (Wildman–Crippen MR) is 142 cm³/mol. The molecule has 1 fully saturated rings. The average Bonchev–Trinajstić information content (AvgIpc) is 2.80. The van der Waals surface area contributed by atoms with E-state index < -0.39 is 29.6 Å². The maximum absolute atomic E-state index is 12.5. The molecule has 1 unspecified atom stereocenters. The molecule has 38 heavy (non-hydrogen) atoms. The lowest BCUT2D eigenvalue weighted by atomic mass is 9.86. The predicted octanol–water partition coefficient (Wildman–Crippen LogP) is 4.82. The van der Waals surface area contributed by atoms with Crippen LogP contribution in [-0.2, 0) is 30.3 Å². The number of hydrogen-bond donors (Lipinski definition) is 2. The van der Waals surface area contributed by atoms with Crippen molar-refractivity contribution in [3.05, 3.63) is 23.8 Å². The van der Waals surface area contributed by atoms with Gasteiger partial charge >= 0.3 is 23.9 Å². The molecule has 9 nitrogen and oxygen atoms in total. The Hall–Kier alpha value is -2.94. The van der Waals surface area contributed by atoms with Gasteiger partial charge in [0.25, 0.3) is 0 Å². The highest BCUT2D eigenvalue weighted by atomic mass is 16.6. The quantitative estimate of drug-likeness (QED) is 0.269. The summed E-state index contributed by atoms with van der Waals surface area (Å²) in [6, 6.07) is 4.53. The molecule has 0 aliphatic heterocycles. The molecule has 2 rings (SSSR count). The second kappa shape index (κ2) is 14.3. The summed E-state index contributed by atoms with van der Waals surface area (Å²) in [6.07, 6.45) is 4.05. The summed E-state index contributed by atoms with van der Waals surface area (Å²) in [6.45, 7) is 9.15. The largest absolute Gasteiger partial charge is 0.480 e. The molecule has 1 aliphatic rings. The first-order valence-electron chi connectivity index (χ1n) is 13.6. The number of hydrogen-bond acceptors (Lipinski definition) is 8. The van der Waals surface area contributed by atoms with Gasteiger partial charge in [-0.1, -0.05) is 53.0 Å². The van der Waals surface area contributed by atoms with Crippen molar-refractivity contribution in [2.75, 3.05) is 0 Å². The number of ether oxygens (including phenoxy) is 3. The van der Waals surface area contributed by atoms with Gasteiger partial charge in [0.05, 0.1) is 5.92 Å². The van der Waals surface area contributed by atoms with Crippen LogP contribution in [0.3, 0.4) is 0 Å². The fourth-order valence-electron chi connectivity index (χ4n) is 4.61. The molecule has 1 aliphatic carbocycles. The first-order valence-corrected chi connectivity index (χ1v) is 13.6. The number of carbonyl (C=O) groups is 4. The van der Waals surface area contributed by atoms with E-state index in [1.807, 2.05) is 27.7 Å². The van der Waals surface area contributed by atoms with Gasteiger partial charge in [-0.3, -0.25) is 19.2 Å². The number of carboxylic acid groups (broad SMARTS) is 1. The first-order chi connectivity index (χ1) is 17.8. The van der Waals surface area contributed by atoms with Crippen LogP contribution in [0.25, 0.3) is 0 Å². The van der Waals surface area contributed by atoms with Crippen molar-refractivity contribution in [3.8, 4) is 11.5 Å². The molecular formula is C29H43NO8. The van der Waals surface area contributed by atoms with Gasteiger partial charge in [0, 0.05) is 25.7 Å². The lowest BCUT2D eigenvalue weighted by Gasteiger charge is -2.29.